The minimum absolute atomic E-state index is 0.0748. The number of nitrogens with zero attached hydrogens (tertiary/aromatic N) is 2. The zero-order chi connectivity index (χ0) is 15.8. The number of nitrogens with one attached hydrogen (secondary N) is 1. The standard InChI is InChI=1S/C18H18FN3O/c19-14-5-3-4-12(8-14)17-15-10-20-9-13(15)11-22(17)18(23)16-6-1-2-7-21-16/h1-8,13,15,17,20H,9-11H2/t13-,15-,17-/m0/s1. The van der Waals surface area contributed by atoms with E-state index in [1.807, 2.05) is 17.0 Å². The highest BCUT2D eigenvalue weighted by molar-refractivity contribution is 5.92. The van der Waals surface area contributed by atoms with E-state index in [-0.39, 0.29) is 17.8 Å². The molecule has 0 unspecified atom stereocenters. The summed E-state index contributed by atoms with van der Waals surface area (Å²) in [5.41, 5.74) is 1.31. The molecule has 3 heterocycles. The predicted octanol–water partition coefficient (Wildman–Crippen LogP) is 2.25. The molecule has 1 aromatic carbocycles. The van der Waals surface area contributed by atoms with E-state index in [4.69, 9.17) is 0 Å². The van der Waals surface area contributed by atoms with E-state index in [9.17, 15) is 9.18 Å². The highest BCUT2D eigenvalue weighted by Crippen LogP contribution is 2.43. The van der Waals surface area contributed by atoms with Gasteiger partial charge in [-0.05, 0) is 35.7 Å². The van der Waals surface area contributed by atoms with Crippen LogP contribution >= 0.6 is 0 Å². The largest absolute Gasteiger partial charge is 0.330 e. The van der Waals surface area contributed by atoms with Gasteiger partial charge in [0.1, 0.15) is 11.5 Å². The zero-order valence-corrected chi connectivity index (χ0v) is 12.7. The number of halogens is 1. The third-order valence-corrected chi connectivity index (χ3v) is 4.90. The molecule has 2 fully saturated rings. The fraction of sp³-hybridized carbons (Fsp3) is 0.333. The van der Waals surface area contributed by atoms with Crippen molar-refractivity contribution in [2.75, 3.05) is 19.6 Å². The second kappa shape index (κ2) is 5.74. The van der Waals surface area contributed by atoms with Crippen LogP contribution in [0.3, 0.4) is 0 Å². The van der Waals surface area contributed by atoms with E-state index >= 15 is 0 Å². The third-order valence-electron chi connectivity index (χ3n) is 4.90. The molecule has 3 atom stereocenters. The fourth-order valence-electron chi connectivity index (χ4n) is 3.88. The zero-order valence-electron chi connectivity index (χ0n) is 12.7. The number of likely N-dealkylation sites (tertiary alicyclic amines) is 1. The van der Waals surface area contributed by atoms with Crippen LogP contribution in [0.15, 0.2) is 48.7 Å². The minimum atomic E-state index is -0.262. The Hall–Kier alpha value is -2.27. The molecule has 4 nitrogen and oxygen atoms in total. The molecule has 2 aliphatic rings. The summed E-state index contributed by atoms with van der Waals surface area (Å²) in [5, 5.41) is 3.39. The van der Waals surface area contributed by atoms with Crippen LogP contribution < -0.4 is 5.32 Å². The summed E-state index contributed by atoms with van der Waals surface area (Å²) < 4.78 is 13.7. The van der Waals surface area contributed by atoms with Gasteiger partial charge in [0.05, 0.1) is 6.04 Å². The molecule has 118 valence electrons. The monoisotopic (exact) mass is 311 g/mol. The maximum atomic E-state index is 13.7. The molecule has 5 heteroatoms. The van der Waals surface area contributed by atoms with Crippen molar-refractivity contribution in [3.05, 3.63) is 65.7 Å². The topological polar surface area (TPSA) is 45.2 Å². The highest BCUT2D eigenvalue weighted by atomic mass is 19.1. The van der Waals surface area contributed by atoms with Crippen LogP contribution in [0.5, 0.6) is 0 Å². The summed E-state index contributed by atoms with van der Waals surface area (Å²) in [6.45, 7) is 2.45. The first-order chi connectivity index (χ1) is 11.2. The van der Waals surface area contributed by atoms with E-state index < -0.39 is 0 Å². The van der Waals surface area contributed by atoms with E-state index in [1.54, 1.807) is 30.5 Å². The van der Waals surface area contributed by atoms with Gasteiger partial charge in [-0.1, -0.05) is 18.2 Å². The van der Waals surface area contributed by atoms with Gasteiger partial charge >= 0.3 is 0 Å². The molecule has 1 aromatic heterocycles. The van der Waals surface area contributed by atoms with Crippen molar-refractivity contribution < 1.29 is 9.18 Å². The van der Waals surface area contributed by atoms with Crippen LogP contribution in [0, 0.1) is 17.7 Å². The molecule has 0 aliphatic carbocycles. The lowest BCUT2D eigenvalue weighted by atomic mass is 9.89. The smallest absolute Gasteiger partial charge is 0.272 e. The number of benzene rings is 1. The Labute approximate surface area is 134 Å². The summed E-state index contributed by atoms with van der Waals surface area (Å²) in [6, 6.07) is 11.9. The van der Waals surface area contributed by atoms with E-state index in [0.717, 1.165) is 18.7 Å². The van der Waals surface area contributed by atoms with E-state index in [0.29, 0.717) is 24.1 Å². The number of carbonyl (C=O) groups is 1. The van der Waals surface area contributed by atoms with Gasteiger partial charge < -0.3 is 10.2 Å². The van der Waals surface area contributed by atoms with Gasteiger partial charge in [-0.25, -0.2) is 4.39 Å². The first-order valence-electron chi connectivity index (χ1n) is 7.92. The average Bonchev–Trinajstić information content (AvgIpc) is 3.15. The van der Waals surface area contributed by atoms with Crippen molar-refractivity contribution >= 4 is 5.91 Å². The van der Waals surface area contributed by atoms with Crippen molar-refractivity contribution in [1.82, 2.24) is 15.2 Å². The fourth-order valence-corrected chi connectivity index (χ4v) is 3.88. The molecule has 2 aromatic rings. The summed E-state index contributed by atoms with van der Waals surface area (Å²) >= 11 is 0. The number of carbonyl (C=O) groups excluding carboxylic acids is 1. The van der Waals surface area contributed by atoms with Gasteiger partial charge in [-0.2, -0.15) is 0 Å². The van der Waals surface area contributed by atoms with Crippen molar-refractivity contribution in [3.63, 3.8) is 0 Å². The summed E-state index contributed by atoms with van der Waals surface area (Å²) in [7, 11) is 0. The van der Waals surface area contributed by atoms with Crippen LogP contribution in [0.25, 0.3) is 0 Å². The maximum absolute atomic E-state index is 13.7. The van der Waals surface area contributed by atoms with Gasteiger partial charge in [-0.3, -0.25) is 9.78 Å². The third kappa shape index (κ3) is 2.51. The van der Waals surface area contributed by atoms with Crippen LogP contribution in [0.2, 0.25) is 0 Å². The Morgan fingerprint density at radius 2 is 2.13 bits per heavy atom. The molecule has 4 rings (SSSR count). The average molecular weight is 311 g/mol. The molecular formula is C18H18FN3O. The van der Waals surface area contributed by atoms with Gasteiger partial charge in [0.2, 0.25) is 0 Å². The highest BCUT2D eigenvalue weighted by Gasteiger charge is 2.47. The number of hydrogen-bond donors (Lipinski definition) is 1. The normalized spacial score (nSPS) is 26.3. The molecular weight excluding hydrogens is 293 g/mol. The second-order valence-corrected chi connectivity index (χ2v) is 6.25. The van der Waals surface area contributed by atoms with Crippen molar-refractivity contribution in [2.24, 2.45) is 11.8 Å². The first-order valence-corrected chi connectivity index (χ1v) is 7.92. The van der Waals surface area contributed by atoms with Gasteiger partial charge in [-0.15, -0.1) is 0 Å². The number of pyridine rings is 1. The molecule has 2 aliphatic heterocycles. The van der Waals surface area contributed by atoms with E-state index in [2.05, 4.69) is 10.3 Å². The van der Waals surface area contributed by atoms with Crippen LogP contribution in [0.1, 0.15) is 22.1 Å². The van der Waals surface area contributed by atoms with Gasteiger partial charge in [0.25, 0.3) is 5.91 Å². The maximum Gasteiger partial charge on any atom is 0.272 e. The number of aromatic nitrogens is 1. The van der Waals surface area contributed by atoms with E-state index in [1.165, 1.54) is 6.07 Å². The Bertz CT molecular complexity index is 721. The van der Waals surface area contributed by atoms with Crippen LogP contribution in [-0.4, -0.2) is 35.4 Å². The number of fused-ring (bicyclic) bond motifs is 1. The quantitative estimate of drug-likeness (QED) is 0.925. The van der Waals surface area contributed by atoms with Crippen LogP contribution in [0.4, 0.5) is 4.39 Å². The Morgan fingerprint density at radius 1 is 1.22 bits per heavy atom. The minimum Gasteiger partial charge on any atom is -0.330 e. The molecule has 0 bridgehead atoms. The molecule has 1 N–H and O–H groups in total. The molecule has 0 radical (unpaired) electrons. The molecule has 2 saturated heterocycles. The number of rotatable bonds is 2. The lowest BCUT2D eigenvalue weighted by Crippen LogP contribution is -2.35. The summed E-state index contributed by atoms with van der Waals surface area (Å²) in [4.78, 5) is 18.9. The number of hydrogen-bond acceptors (Lipinski definition) is 3. The lowest BCUT2D eigenvalue weighted by Gasteiger charge is -2.28. The Kier molecular flexibility index (Phi) is 3.58. The van der Waals surface area contributed by atoms with Crippen molar-refractivity contribution in [1.29, 1.82) is 0 Å². The lowest BCUT2D eigenvalue weighted by molar-refractivity contribution is 0.0708. The summed E-state index contributed by atoms with van der Waals surface area (Å²) in [6.07, 6.45) is 1.63. The first kappa shape index (κ1) is 14.3. The van der Waals surface area contributed by atoms with Gasteiger partial charge in [0.15, 0.2) is 0 Å². The van der Waals surface area contributed by atoms with Crippen molar-refractivity contribution in [2.45, 2.75) is 6.04 Å². The molecule has 0 saturated carbocycles. The predicted molar refractivity (Wildman–Crippen MR) is 84.3 cm³/mol. The molecule has 23 heavy (non-hydrogen) atoms. The molecule has 0 spiro atoms. The van der Waals surface area contributed by atoms with Crippen molar-refractivity contribution in [3.8, 4) is 0 Å². The van der Waals surface area contributed by atoms with Crippen LogP contribution in [-0.2, 0) is 0 Å². The SMILES string of the molecule is O=C(c1ccccn1)N1C[C@@H]2CNC[C@@H]2[C@@H]1c1cccc(F)c1. The number of amides is 1. The second-order valence-electron chi connectivity index (χ2n) is 6.25. The summed E-state index contributed by atoms with van der Waals surface area (Å²) in [5.74, 6) is 0.400. The van der Waals surface area contributed by atoms with Gasteiger partial charge in [0, 0.05) is 31.7 Å². The molecule has 1 amide bonds. The Balaban J connectivity index is 1.71. The Morgan fingerprint density at radius 3 is 2.91 bits per heavy atom.